The Balaban J connectivity index is 0.000000619. The third-order valence-electron chi connectivity index (χ3n) is 8.83. The zero-order chi connectivity index (χ0) is 56.7. The molecule has 0 aromatic carbocycles. The van der Waals surface area contributed by atoms with Crippen molar-refractivity contribution in [3.05, 3.63) is 193 Å². The molecule has 0 aliphatic rings. The fraction of sp³-hybridized carbons (Fsp3) is 0.148. The van der Waals surface area contributed by atoms with Crippen LogP contribution in [0.15, 0.2) is 190 Å². The van der Waals surface area contributed by atoms with E-state index in [4.69, 9.17) is 10.5 Å². The van der Waals surface area contributed by atoms with Crippen molar-refractivity contribution in [2.75, 3.05) is 26.2 Å². The summed E-state index contributed by atoms with van der Waals surface area (Å²) < 4.78 is 78.0. The first-order chi connectivity index (χ1) is 37.6. The van der Waals surface area contributed by atoms with Crippen molar-refractivity contribution in [1.29, 1.82) is 10.5 Å². The van der Waals surface area contributed by atoms with E-state index in [0.717, 1.165) is 81.2 Å². The van der Waals surface area contributed by atoms with Crippen LogP contribution in [-0.4, -0.2) is 105 Å². The molecular weight excluding hydrogens is 1230 g/mol. The van der Waals surface area contributed by atoms with Gasteiger partial charge in [-0.05, 0) is 110 Å². The van der Waals surface area contributed by atoms with E-state index in [-0.39, 0.29) is 44.8 Å². The molecule has 26 heteroatoms. The van der Waals surface area contributed by atoms with Crippen LogP contribution in [0.5, 0.6) is 0 Å². The summed E-state index contributed by atoms with van der Waals surface area (Å²) in [4.78, 5) is 53.6. The second kappa shape index (κ2) is 41.0. The summed E-state index contributed by atoms with van der Waals surface area (Å²) in [6.45, 7) is 5.62. The molecule has 0 radical (unpaired) electrons. The maximum Gasteiger partial charge on any atom is 1.00 e. The van der Waals surface area contributed by atoms with Crippen LogP contribution in [0.3, 0.4) is 0 Å². The molecule has 0 saturated carbocycles. The van der Waals surface area contributed by atoms with E-state index in [2.05, 4.69) is 59.8 Å². The summed E-state index contributed by atoms with van der Waals surface area (Å²) >= 11 is 0. The normalized spacial score (nSPS) is 10.5. The third kappa shape index (κ3) is 33.3. The van der Waals surface area contributed by atoms with Crippen molar-refractivity contribution in [1.82, 2.24) is 39.9 Å². The van der Waals surface area contributed by atoms with Crippen LogP contribution in [-0.2, 0) is 44.8 Å². The van der Waals surface area contributed by atoms with Gasteiger partial charge in [0.15, 0.2) is 0 Å². The summed E-state index contributed by atoms with van der Waals surface area (Å²) in [5.74, 6) is 0. The molecule has 8 rings (SSSR count). The summed E-state index contributed by atoms with van der Waals surface area (Å²) in [6, 6.07) is 50.1. The van der Waals surface area contributed by atoms with Gasteiger partial charge >= 0.3 is 59.3 Å². The first-order valence-corrected chi connectivity index (χ1v) is 23.5. The third-order valence-corrected chi connectivity index (χ3v) is 8.83. The van der Waals surface area contributed by atoms with Gasteiger partial charge < -0.3 is 34.5 Å². The van der Waals surface area contributed by atoms with E-state index in [1.807, 2.05) is 146 Å². The average molecular weight is 1280 g/mol. The summed E-state index contributed by atoms with van der Waals surface area (Å²) in [6.07, 6.45) is 16.0. The zero-order valence-electron chi connectivity index (χ0n) is 42.8. The topological polar surface area (TPSA) is 200 Å². The van der Waals surface area contributed by atoms with Gasteiger partial charge in [0.05, 0.1) is 80.5 Å². The van der Waals surface area contributed by atoms with E-state index in [1.54, 1.807) is 61.8 Å². The molecule has 0 unspecified atom stereocenters. The summed E-state index contributed by atoms with van der Waals surface area (Å²) in [5.41, 5.74) is 10.1. The van der Waals surface area contributed by atoms with Gasteiger partial charge in [0.25, 0.3) is 0 Å². The first-order valence-electron chi connectivity index (χ1n) is 23.5. The van der Waals surface area contributed by atoms with Crippen LogP contribution in [0.4, 0.5) is 34.5 Å². The minimum atomic E-state index is -6.00. The predicted molar refractivity (Wildman–Crippen MR) is 292 cm³/mol. The largest absolute Gasteiger partial charge is 1.00 e. The van der Waals surface area contributed by atoms with Crippen molar-refractivity contribution in [2.45, 2.75) is 26.7 Å². The van der Waals surface area contributed by atoms with Gasteiger partial charge in [-0.1, -0.05) is 48.5 Å². The number of halogens is 8. The Morgan fingerprint density at radius 2 is 0.537 bits per heavy atom. The number of hydrogen-bond acceptors (Lipinski definition) is 14. The van der Waals surface area contributed by atoms with Crippen molar-refractivity contribution >= 4 is 39.4 Å². The number of aliphatic imine (C=N–C) groups is 4. The monoisotopic (exact) mass is 1280 g/mol. The SMILES string of the molecule is C(=NCCCN=Cc1cccc(-c2ccccn2)n1)c1cccc(-c2ccccn2)n1.C(=NCCCN=Cc1cccc(-c2ccccn2)n1)c1cccc(-c2ccccn2)n1.CC#N.CC#N.F[B-](F)(F)F.F[B-](F)(F)F.[Ag+].[Ag+]. The Kier molecular flexibility index (Phi) is 35.9. The molecule has 0 aliphatic heterocycles. The van der Waals surface area contributed by atoms with Crippen molar-refractivity contribution in [3.63, 3.8) is 0 Å². The van der Waals surface area contributed by atoms with Gasteiger partial charge in [-0.2, -0.15) is 10.5 Å². The molecule has 0 N–H and O–H groups in total. The van der Waals surface area contributed by atoms with Crippen molar-refractivity contribution in [2.24, 2.45) is 20.0 Å². The minimum Gasteiger partial charge on any atom is -0.418 e. The number of nitrogens with zero attached hydrogens (tertiary/aromatic N) is 14. The summed E-state index contributed by atoms with van der Waals surface area (Å²) in [5, 5.41) is 14.6. The molecule has 8 aromatic heterocycles. The molecule has 0 aliphatic carbocycles. The second-order valence-corrected chi connectivity index (χ2v) is 14.9. The maximum absolute atomic E-state index is 9.75. The van der Waals surface area contributed by atoms with Gasteiger partial charge in [0.1, 0.15) is 0 Å². The van der Waals surface area contributed by atoms with Gasteiger partial charge in [-0.3, -0.25) is 39.9 Å². The van der Waals surface area contributed by atoms with E-state index in [0.29, 0.717) is 26.2 Å². The molecule has 0 atom stereocenters. The van der Waals surface area contributed by atoms with Gasteiger partial charge in [0, 0.05) is 89.7 Å². The average Bonchev–Trinajstić information content (AvgIpc) is 3.43. The fourth-order valence-electron chi connectivity index (χ4n) is 5.86. The summed E-state index contributed by atoms with van der Waals surface area (Å²) in [7, 11) is -12.0. The number of nitriles is 2. The molecule has 8 heterocycles. The number of hydrogen-bond donors (Lipinski definition) is 0. The van der Waals surface area contributed by atoms with Gasteiger partial charge in [-0.25, -0.2) is 19.9 Å². The van der Waals surface area contributed by atoms with Crippen molar-refractivity contribution in [3.8, 4) is 57.7 Å². The Morgan fingerprint density at radius 1 is 0.350 bits per heavy atom. The standard InChI is InChI=1S/2C25H22N6.2C2H3N.2Ag.2BF4/c2*1-3-16-28-22(10-1)24-12-5-8-20(30-24)18-26-14-7-15-27-19-21-9-6-13-25(31-21)23-11-2-4-17-29-23;2*1-2-3;;;2*2-1(3,4)5/h2*1-6,8-13,16-19H,7,14-15H2;2*1H3;;;;/q;;;;2*+1;2*-1. The van der Waals surface area contributed by atoms with Crippen LogP contribution in [0.2, 0.25) is 0 Å². The second-order valence-electron chi connectivity index (χ2n) is 14.9. The Morgan fingerprint density at radius 3 is 0.713 bits per heavy atom. The zero-order valence-corrected chi connectivity index (χ0v) is 45.7. The molecule has 0 fully saturated rings. The minimum absolute atomic E-state index is 0. The van der Waals surface area contributed by atoms with E-state index < -0.39 is 14.5 Å². The molecular formula is C54H50Ag2B2F8N14. The van der Waals surface area contributed by atoms with Crippen LogP contribution in [0.1, 0.15) is 49.5 Å². The van der Waals surface area contributed by atoms with E-state index >= 15 is 0 Å². The molecule has 0 amide bonds. The number of aromatic nitrogens is 8. The smallest absolute Gasteiger partial charge is 0.418 e. The van der Waals surface area contributed by atoms with E-state index in [9.17, 15) is 34.5 Å². The van der Waals surface area contributed by atoms with Crippen LogP contribution < -0.4 is 0 Å². The Hall–Kier alpha value is -8.09. The van der Waals surface area contributed by atoms with Crippen LogP contribution >= 0.6 is 0 Å². The molecule has 0 spiro atoms. The first kappa shape index (κ1) is 69.9. The van der Waals surface area contributed by atoms with E-state index in [1.165, 1.54) is 13.8 Å². The Bertz CT molecular complexity index is 2750. The molecule has 0 bridgehead atoms. The molecule has 14 nitrogen and oxygen atoms in total. The Labute approximate surface area is 489 Å². The number of pyridine rings is 8. The maximum atomic E-state index is 9.75. The molecule has 80 heavy (non-hydrogen) atoms. The molecule has 8 aromatic rings. The van der Waals surface area contributed by atoms with Gasteiger partial charge in [0.2, 0.25) is 0 Å². The molecule has 420 valence electrons. The van der Waals surface area contributed by atoms with Crippen LogP contribution in [0, 0.1) is 22.7 Å². The predicted octanol–water partition coefficient (Wildman–Crippen LogP) is 12.7. The fourth-order valence-corrected chi connectivity index (χ4v) is 5.86. The molecule has 0 saturated heterocycles. The number of rotatable bonds is 16. The van der Waals surface area contributed by atoms with Crippen molar-refractivity contribution < 1.29 is 79.3 Å². The quantitative estimate of drug-likeness (QED) is 0.0388. The van der Waals surface area contributed by atoms with Gasteiger partial charge in [-0.15, -0.1) is 0 Å². The van der Waals surface area contributed by atoms with Crippen LogP contribution in [0.25, 0.3) is 45.6 Å².